The molecule has 0 unspecified atom stereocenters. The molecular formula is C15H12N2O2. The molecule has 0 aliphatic heterocycles. The summed E-state index contributed by atoms with van der Waals surface area (Å²) < 4.78 is 5.15. The Labute approximate surface area is 110 Å². The fourth-order valence-electron chi connectivity index (χ4n) is 1.84. The molecule has 1 N–H and O–H groups in total. The number of amides is 1. The highest BCUT2D eigenvalue weighted by Gasteiger charge is 2.28. The smallest absolute Gasteiger partial charge is 0.277 e. The van der Waals surface area contributed by atoms with Crippen LogP contribution in [0.15, 0.2) is 34.9 Å². The van der Waals surface area contributed by atoms with Gasteiger partial charge in [0.15, 0.2) is 5.69 Å². The molecule has 2 aromatic rings. The number of hydrogen-bond acceptors (Lipinski definition) is 3. The van der Waals surface area contributed by atoms with E-state index in [9.17, 15) is 4.79 Å². The second-order valence-corrected chi connectivity index (χ2v) is 4.57. The summed E-state index contributed by atoms with van der Waals surface area (Å²) in [6.45, 7) is 0. The average Bonchev–Trinajstić information content (AvgIpc) is 3.16. The van der Waals surface area contributed by atoms with Gasteiger partial charge in [-0.3, -0.25) is 4.79 Å². The van der Waals surface area contributed by atoms with Gasteiger partial charge < -0.3 is 9.84 Å². The number of hydrogen-bond donors (Lipinski definition) is 1. The Morgan fingerprint density at radius 1 is 1.42 bits per heavy atom. The van der Waals surface area contributed by atoms with Crippen LogP contribution in [-0.4, -0.2) is 11.1 Å². The van der Waals surface area contributed by atoms with Crippen molar-refractivity contribution in [3.63, 3.8) is 0 Å². The van der Waals surface area contributed by atoms with E-state index in [4.69, 9.17) is 10.9 Å². The van der Waals surface area contributed by atoms with Crippen molar-refractivity contribution in [3.05, 3.63) is 47.3 Å². The highest BCUT2D eigenvalue weighted by atomic mass is 16.5. The highest BCUT2D eigenvalue weighted by molar-refractivity contribution is 6.02. The maximum Gasteiger partial charge on any atom is 0.277 e. The van der Waals surface area contributed by atoms with Gasteiger partial charge in [0.2, 0.25) is 0 Å². The van der Waals surface area contributed by atoms with E-state index >= 15 is 0 Å². The lowest BCUT2D eigenvalue weighted by Gasteiger charge is -2.02. The van der Waals surface area contributed by atoms with Gasteiger partial charge in [0, 0.05) is 23.2 Å². The molecule has 19 heavy (non-hydrogen) atoms. The minimum atomic E-state index is -0.287. The number of nitrogens with zero attached hydrogens (tertiary/aromatic N) is 1. The number of rotatable bonds is 3. The number of carbonyl (C=O) groups is 1. The number of nitrogens with one attached hydrogen (secondary N) is 1. The molecule has 0 spiro atoms. The molecule has 1 amide bonds. The van der Waals surface area contributed by atoms with Crippen molar-refractivity contribution in [2.45, 2.75) is 18.8 Å². The van der Waals surface area contributed by atoms with Gasteiger partial charge in [0.25, 0.3) is 5.91 Å². The molecule has 1 saturated carbocycles. The molecular weight excluding hydrogens is 240 g/mol. The molecule has 1 aromatic heterocycles. The predicted octanol–water partition coefficient (Wildman–Crippen LogP) is 2.79. The van der Waals surface area contributed by atoms with E-state index in [1.165, 1.54) is 0 Å². The Morgan fingerprint density at radius 3 is 3.00 bits per heavy atom. The molecule has 0 bridgehead atoms. The molecule has 4 heteroatoms. The van der Waals surface area contributed by atoms with Crippen LogP contribution in [-0.2, 0) is 0 Å². The van der Waals surface area contributed by atoms with Crippen LogP contribution in [0.1, 0.15) is 40.6 Å². The zero-order chi connectivity index (χ0) is 13.2. The zero-order valence-electron chi connectivity index (χ0n) is 10.2. The van der Waals surface area contributed by atoms with Crippen molar-refractivity contribution < 1.29 is 9.32 Å². The van der Waals surface area contributed by atoms with Crippen LogP contribution in [0.2, 0.25) is 0 Å². The van der Waals surface area contributed by atoms with E-state index in [0.29, 0.717) is 17.3 Å². The van der Waals surface area contributed by atoms with Gasteiger partial charge in [0.05, 0.1) is 0 Å². The minimum Gasteiger partial charge on any atom is -0.360 e. The molecule has 1 aliphatic rings. The van der Waals surface area contributed by atoms with Crippen LogP contribution in [0.25, 0.3) is 0 Å². The van der Waals surface area contributed by atoms with Crippen molar-refractivity contribution in [1.82, 2.24) is 5.16 Å². The summed E-state index contributed by atoms with van der Waals surface area (Å²) in [5, 5.41) is 6.54. The minimum absolute atomic E-state index is 0.287. The summed E-state index contributed by atoms with van der Waals surface area (Å²) in [6, 6.07) is 8.82. The summed E-state index contributed by atoms with van der Waals surface area (Å²) in [7, 11) is 0. The maximum atomic E-state index is 12.0. The molecule has 0 atom stereocenters. The van der Waals surface area contributed by atoms with Crippen LogP contribution in [0.3, 0.4) is 0 Å². The number of aromatic nitrogens is 1. The zero-order valence-corrected chi connectivity index (χ0v) is 10.2. The van der Waals surface area contributed by atoms with Crippen LogP contribution in [0.4, 0.5) is 5.69 Å². The Balaban J connectivity index is 1.74. The molecule has 4 nitrogen and oxygen atoms in total. The Hall–Kier alpha value is -2.54. The van der Waals surface area contributed by atoms with E-state index in [0.717, 1.165) is 24.2 Å². The first-order chi connectivity index (χ1) is 9.26. The fraction of sp³-hybridized carbons (Fsp3) is 0.200. The van der Waals surface area contributed by atoms with E-state index in [-0.39, 0.29) is 5.91 Å². The van der Waals surface area contributed by atoms with Crippen LogP contribution in [0.5, 0.6) is 0 Å². The Bertz CT molecular complexity index is 663. The number of anilines is 1. The third kappa shape index (κ3) is 2.50. The summed E-state index contributed by atoms with van der Waals surface area (Å²) in [5.74, 6) is 3.47. The average molecular weight is 252 g/mol. The lowest BCUT2D eigenvalue weighted by Crippen LogP contribution is -2.12. The van der Waals surface area contributed by atoms with Crippen LogP contribution >= 0.6 is 0 Å². The summed E-state index contributed by atoms with van der Waals surface area (Å²) in [4.78, 5) is 12.0. The van der Waals surface area contributed by atoms with Crippen molar-refractivity contribution >= 4 is 11.6 Å². The van der Waals surface area contributed by atoms with E-state index in [1.54, 1.807) is 30.3 Å². The lowest BCUT2D eigenvalue weighted by molar-refractivity contribution is 0.101. The van der Waals surface area contributed by atoms with Crippen molar-refractivity contribution in [1.29, 1.82) is 0 Å². The number of terminal acetylenes is 1. The molecule has 1 aromatic carbocycles. The van der Waals surface area contributed by atoms with E-state index in [2.05, 4.69) is 16.4 Å². The Kier molecular flexibility index (Phi) is 2.81. The molecule has 3 rings (SSSR count). The third-order valence-corrected chi connectivity index (χ3v) is 3.03. The highest BCUT2D eigenvalue weighted by Crippen LogP contribution is 2.40. The maximum absolute atomic E-state index is 12.0. The summed E-state index contributed by atoms with van der Waals surface area (Å²) in [6.07, 6.45) is 7.54. The molecule has 94 valence electrons. The van der Waals surface area contributed by atoms with Crippen LogP contribution in [0, 0.1) is 12.3 Å². The van der Waals surface area contributed by atoms with Gasteiger partial charge in [-0.25, -0.2) is 0 Å². The summed E-state index contributed by atoms with van der Waals surface area (Å²) >= 11 is 0. The van der Waals surface area contributed by atoms with Gasteiger partial charge in [-0.1, -0.05) is 17.1 Å². The first-order valence-corrected chi connectivity index (χ1v) is 6.11. The van der Waals surface area contributed by atoms with Gasteiger partial charge >= 0.3 is 0 Å². The normalized spacial score (nSPS) is 13.8. The van der Waals surface area contributed by atoms with Gasteiger partial charge in [-0.15, -0.1) is 6.42 Å². The van der Waals surface area contributed by atoms with Gasteiger partial charge in [-0.05, 0) is 31.0 Å². The second kappa shape index (κ2) is 4.62. The monoisotopic (exact) mass is 252 g/mol. The fourth-order valence-corrected chi connectivity index (χ4v) is 1.84. The third-order valence-electron chi connectivity index (χ3n) is 3.03. The molecule has 1 fully saturated rings. The predicted molar refractivity (Wildman–Crippen MR) is 70.8 cm³/mol. The van der Waals surface area contributed by atoms with Gasteiger partial charge in [-0.2, -0.15) is 0 Å². The molecule has 0 radical (unpaired) electrons. The second-order valence-electron chi connectivity index (χ2n) is 4.57. The molecule has 1 aliphatic carbocycles. The number of carbonyl (C=O) groups excluding carboxylic acids is 1. The standard InChI is InChI=1S/C15H12N2O2/c1-2-10-4-3-5-12(8-10)16-15(18)13-9-14(19-17-13)11-6-7-11/h1,3-5,8-9,11H,6-7H2,(H,16,18). The van der Waals surface area contributed by atoms with E-state index in [1.807, 2.05) is 0 Å². The first-order valence-electron chi connectivity index (χ1n) is 6.11. The molecule has 1 heterocycles. The first kappa shape index (κ1) is 11.5. The van der Waals surface area contributed by atoms with E-state index < -0.39 is 0 Å². The van der Waals surface area contributed by atoms with Crippen molar-refractivity contribution in [3.8, 4) is 12.3 Å². The van der Waals surface area contributed by atoms with Crippen LogP contribution < -0.4 is 5.32 Å². The molecule has 0 saturated heterocycles. The quantitative estimate of drug-likeness (QED) is 0.854. The summed E-state index contributed by atoms with van der Waals surface area (Å²) in [5.41, 5.74) is 1.67. The van der Waals surface area contributed by atoms with Crippen molar-refractivity contribution in [2.75, 3.05) is 5.32 Å². The van der Waals surface area contributed by atoms with Crippen molar-refractivity contribution in [2.24, 2.45) is 0 Å². The SMILES string of the molecule is C#Cc1cccc(NC(=O)c2cc(C3CC3)on2)c1. The largest absolute Gasteiger partial charge is 0.360 e. The topological polar surface area (TPSA) is 55.1 Å². The number of benzene rings is 1. The van der Waals surface area contributed by atoms with Gasteiger partial charge in [0.1, 0.15) is 5.76 Å². The Morgan fingerprint density at radius 2 is 2.26 bits per heavy atom. The lowest BCUT2D eigenvalue weighted by atomic mass is 10.2.